The minimum atomic E-state index is -0.655. The fraction of sp³-hybridized carbons (Fsp3) is 0.241. The van der Waals surface area contributed by atoms with Crippen LogP contribution in [0.3, 0.4) is 0 Å². The summed E-state index contributed by atoms with van der Waals surface area (Å²) in [5.74, 6) is -0.688. The van der Waals surface area contributed by atoms with Crippen molar-refractivity contribution in [2.75, 3.05) is 13.7 Å². The first-order valence-electron chi connectivity index (χ1n) is 11.8. The fourth-order valence-corrected chi connectivity index (χ4v) is 6.08. The molecule has 2 N–H and O–H groups in total. The number of hydrogen-bond donors (Lipinski definition) is 2. The maximum absolute atomic E-state index is 13.4. The number of fused-ring (bicyclic) bond motifs is 1. The lowest BCUT2D eigenvalue weighted by molar-refractivity contribution is -0.139. The molecule has 1 aliphatic heterocycles. The number of hydrogen-bond acceptors (Lipinski definition) is 5. The minimum absolute atomic E-state index is 0.136. The number of nitrogens with zero attached hydrogens (tertiary/aromatic N) is 1. The Morgan fingerprint density at radius 2 is 1.86 bits per heavy atom. The van der Waals surface area contributed by atoms with Crippen molar-refractivity contribution in [3.05, 3.63) is 92.3 Å². The van der Waals surface area contributed by atoms with Gasteiger partial charge in [0.2, 0.25) is 0 Å². The number of methoxy groups -OCH3 is 1. The second-order valence-corrected chi connectivity index (χ2v) is 10.2. The average Bonchev–Trinajstić information content (AvgIpc) is 3.55. The molecule has 5 rings (SSSR count). The molecular formula is C29H28N2O4S. The average molecular weight is 501 g/mol. The molecule has 1 atom stereocenters. The molecule has 1 saturated heterocycles. The van der Waals surface area contributed by atoms with Gasteiger partial charge in [-0.05, 0) is 79.1 Å². The zero-order valence-electron chi connectivity index (χ0n) is 20.7. The Labute approximate surface area is 213 Å². The molecule has 2 aromatic carbocycles. The van der Waals surface area contributed by atoms with Crippen molar-refractivity contribution in [3.63, 3.8) is 0 Å². The van der Waals surface area contributed by atoms with Gasteiger partial charge in [-0.3, -0.25) is 9.59 Å². The third-order valence-corrected chi connectivity index (χ3v) is 8.06. The summed E-state index contributed by atoms with van der Waals surface area (Å²) in [7, 11) is 1.60. The zero-order valence-corrected chi connectivity index (χ0v) is 21.5. The van der Waals surface area contributed by atoms with Crippen LogP contribution >= 0.6 is 11.3 Å². The molecule has 4 aromatic rings. The van der Waals surface area contributed by atoms with E-state index in [9.17, 15) is 14.7 Å². The normalized spacial score (nSPS) is 17.3. The number of nitrogens with one attached hydrogen (secondary N) is 1. The number of likely N-dealkylation sites (tertiary alicyclic amines) is 1. The third-order valence-electron chi connectivity index (χ3n) is 6.98. The Morgan fingerprint density at radius 3 is 2.58 bits per heavy atom. The predicted molar refractivity (Wildman–Crippen MR) is 143 cm³/mol. The van der Waals surface area contributed by atoms with Crippen LogP contribution in [0.2, 0.25) is 0 Å². The number of Topliss-reactive ketones (excluding diaryl/α,β-unsaturated/α-hetero) is 1. The number of carbonyl (C=O) groups is 2. The second kappa shape index (κ2) is 9.32. The Hall–Kier alpha value is -3.84. The van der Waals surface area contributed by atoms with Crippen molar-refractivity contribution in [2.45, 2.75) is 33.2 Å². The molecule has 1 aliphatic rings. The number of amides is 1. The highest BCUT2D eigenvalue weighted by molar-refractivity contribution is 7.10. The monoisotopic (exact) mass is 500 g/mol. The SMILES string of the molecule is COc1cc(C)c(/C(O)=C2/C(=O)C(=O)N(CCc3c[nH]c4ccccc34)C2c2sccc2C)cc1C. The molecule has 0 aliphatic carbocycles. The van der Waals surface area contributed by atoms with E-state index in [1.165, 1.54) is 11.3 Å². The van der Waals surface area contributed by atoms with E-state index in [4.69, 9.17) is 4.74 Å². The molecule has 184 valence electrons. The molecule has 3 heterocycles. The maximum Gasteiger partial charge on any atom is 0.295 e. The first-order chi connectivity index (χ1) is 17.3. The van der Waals surface area contributed by atoms with Crippen LogP contribution in [0.1, 0.15) is 38.7 Å². The highest BCUT2D eigenvalue weighted by Crippen LogP contribution is 2.43. The van der Waals surface area contributed by atoms with Crippen LogP contribution in [0.4, 0.5) is 0 Å². The van der Waals surface area contributed by atoms with Gasteiger partial charge in [-0.15, -0.1) is 11.3 Å². The lowest BCUT2D eigenvalue weighted by Gasteiger charge is -2.25. The minimum Gasteiger partial charge on any atom is -0.507 e. The molecule has 1 unspecified atom stereocenters. The lowest BCUT2D eigenvalue weighted by Crippen LogP contribution is -2.31. The van der Waals surface area contributed by atoms with Crippen LogP contribution < -0.4 is 4.74 Å². The lowest BCUT2D eigenvalue weighted by atomic mass is 9.95. The number of rotatable bonds is 6. The van der Waals surface area contributed by atoms with Crippen molar-refractivity contribution in [1.29, 1.82) is 0 Å². The fourth-order valence-electron chi connectivity index (χ4n) is 5.04. The molecule has 36 heavy (non-hydrogen) atoms. The summed E-state index contributed by atoms with van der Waals surface area (Å²) < 4.78 is 5.41. The van der Waals surface area contributed by atoms with Gasteiger partial charge in [-0.25, -0.2) is 0 Å². The number of carbonyl (C=O) groups excluding carboxylic acids is 2. The molecule has 6 nitrogen and oxygen atoms in total. The Balaban J connectivity index is 1.59. The smallest absolute Gasteiger partial charge is 0.295 e. The van der Waals surface area contributed by atoms with E-state index in [0.717, 1.165) is 38.0 Å². The first kappa shape index (κ1) is 23.9. The summed E-state index contributed by atoms with van der Waals surface area (Å²) in [4.78, 5) is 32.5. The van der Waals surface area contributed by atoms with E-state index in [2.05, 4.69) is 4.98 Å². The summed E-state index contributed by atoms with van der Waals surface area (Å²) >= 11 is 1.49. The number of H-pyrrole nitrogens is 1. The predicted octanol–water partition coefficient (Wildman–Crippen LogP) is 5.83. The summed E-state index contributed by atoms with van der Waals surface area (Å²) in [5.41, 5.74) is 5.36. The number of thiophene rings is 1. The number of para-hydroxylation sites is 1. The molecule has 0 bridgehead atoms. The Morgan fingerprint density at radius 1 is 1.08 bits per heavy atom. The molecule has 1 amide bonds. The molecule has 2 aromatic heterocycles. The van der Waals surface area contributed by atoms with Gasteiger partial charge >= 0.3 is 0 Å². The number of aromatic nitrogens is 1. The van der Waals surface area contributed by atoms with Gasteiger partial charge in [0.15, 0.2) is 0 Å². The van der Waals surface area contributed by atoms with Crippen molar-refractivity contribution in [1.82, 2.24) is 9.88 Å². The van der Waals surface area contributed by atoms with Crippen LogP contribution in [0.5, 0.6) is 5.75 Å². The number of ketones is 1. The number of benzene rings is 2. The van der Waals surface area contributed by atoms with Gasteiger partial charge < -0.3 is 19.7 Å². The van der Waals surface area contributed by atoms with E-state index >= 15 is 0 Å². The molecular weight excluding hydrogens is 472 g/mol. The van der Waals surface area contributed by atoms with Gasteiger partial charge in [0.1, 0.15) is 11.5 Å². The van der Waals surface area contributed by atoms with Crippen molar-refractivity contribution >= 4 is 39.7 Å². The van der Waals surface area contributed by atoms with Crippen LogP contribution in [-0.2, 0) is 16.0 Å². The summed E-state index contributed by atoms with van der Waals surface area (Å²) in [6, 6.07) is 13.0. The van der Waals surface area contributed by atoms with Crippen molar-refractivity contribution in [3.8, 4) is 5.75 Å². The van der Waals surface area contributed by atoms with E-state index in [1.807, 2.05) is 68.7 Å². The van der Waals surface area contributed by atoms with Gasteiger partial charge in [0.05, 0.1) is 18.7 Å². The first-order valence-corrected chi connectivity index (χ1v) is 12.7. The number of aryl methyl sites for hydroxylation is 3. The Kier molecular flexibility index (Phi) is 6.18. The topological polar surface area (TPSA) is 82.6 Å². The van der Waals surface area contributed by atoms with Crippen LogP contribution in [0.25, 0.3) is 16.7 Å². The number of ether oxygens (including phenoxy) is 1. The van der Waals surface area contributed by atoms with Crippen molar-refractivity contribution in [2.24, 2.45) is 0 Å². The number of aromatic amines is 1. The Bertz CT molecular complexity index is 1530. The largest absolute Gasteiger partial charge is 0.507 e. The molecule has 0 spiro atoms. The maximum atomic E-state index is 13.4. The summed E-state index contributed by atoms with van der Waals surface area (Å²) in [6.07, 6.45) is 2.54. The standard InChI is InChI=1S/C29H28N2O4S/c1-16-10-12-36-28(16)25-24(26(32)21-13-18(3)23(35-4)14-17(21)2)27(33)29(34)31(25)11-9-19-15-30-22-8-6-5-7-20(19)22/h5-8,10,12-15,25,30,32H,9,11H2,1-4H3/b26-24-. The van der Waals surface area contributed by atoms with Gasteiger partial charge in [0.25, 0.3) is 11.7 Å². The summed E-state index contributed by atoms with van der Waals surface area (Å²) in [5, 5.41) is 14.5. The quantitative estimate of drug-likeness (QED) is 0.198. The second-order valence-electron chi connectivity index (χ2n) is 9.21. The van der Waals surface area contributed by atoms with E-state index in [1.54, 1.807) is 18.1 Å². The number of aliphatic hydroxyl groups excluding tert-OH is 1. The number of aliphatic hydroxyl groups is 1. The molecule has 1 fully saturated rings. The van der Waals surface area contributed by atoms with Gasteiger partial charge in [-0.1, -0.05) is 18.2 Å². The third kappa shape index (κ3) is 3.89. The van der Waals surface area contributed by atoms with Gasteiger partial charge in [0, 0.05) is 34.1 Å². The van der Waals surface area contributed by atoms with Gasteiger partial charge in [-0.2, -0.15) is 0 Å². The molecule has 7 heteroatoms. The summed E-state index contributed by atoms with van der Waals surface area (Å²) in [6.45, 7) is 6.06. The highest BCUT2D eigenvalue weighted by atomic mass is 32.1. The van der Waals surface area contributed by atoms with E-state index in [-0.39, 0.29) is 11.3 Å². The van der Waals surface area contributed by atoms with Crippen LogP contribution in [0, 0.1) is 20.8 Å². The van der Waals surface area contributed by atoms with Crippen LogP contribution in [-0.4, -0.2) is 40.3 Å². The van der Waals surface area contributed by atoms with Crippen LogP contribution in [0.15, 0.2) is 59.6 Å². The van der Waals surface area contributed by atoms with E-state index < -0.39 is 17.7 Å². The van der Waals surface area contributed by atoms with E-state index in [0.29, 0.717) is 24.3 Å². The highest BCUT2D eigenvalue weighted by Gasteiger charge is 2.47. The molecule has 0 radical (unpaired) electrons. The van der Waals surface area contributed by atoms with Crippen molar-refractivity contribution < 1.29 is 19.4 Å². The molecule has 0 saturated carbocycles. The zero-order chi connectivity index (χ0) is 25.6.